The van der Waals surface area contributed by atoms with Crippen molar-refractivity contribution in [2.45, 2.75) is 199 Å². The molecule has 1 heterocycles. The number of hydrogen-bond acceptors (Lipinski definition) is 19. The molecular weight excluding hydrogens is 1200 g/mol. The molecule has 0 aliphatic carbocycles. The number of carboxylic acid groups (broad SMARTS) is 3. The highest BCUT2D eigenvalue weighted by Gasteiger charge is 2.22. The Hall–Kier alpha value is -5.56. The number of halogens is 1. The first-order chi connectivity index (χ1) is 40.7. The lowest BCUT2D eigenvalue weighted by Gasteiger charge is -2.14. The van der Waals surface area contributed by atoms with Gasteiger partial charge in [-0.2, -0.15) is 5.21 Å². The lowest BCUT2D eigenvalue weighted by molar-refractivity contribution is -0.143. The van der Waals surface area contributed by atoms with Crippen LogP contribution in [0.25, 0.3) is 0 Å². The maximum Gasteiger partial charge on any atom is 0.326 e. The number of alkyl halides is 1. The number of aryl methyl sites for hydroxylation is 1. The number of ketones is 2. The number of carboxylic acids is 3. The molecule has 0 saturated carbocycles. The van der Waals surface area contributed by atoms with E-state index < -0.39 is 57.7 Å². The molecule has 5 amide bonds. The van der Waals surface area contributed by atoms with Gasteiger partial charge < -0.3 is 55.5 Å². The summed E-state index contributed by atoms with van der Waals surface area (Å²) in [4.78, 5) is 115. The van der Waals surface area contributed by atoms with E-state index in [4.69, 9.17) is 24.1 Å². The number of nitrogens with one attached hydrogen (secondary N) is 6. The summed E-state index contributed by atoms with van der Waals surface area (Å²) in [6, 6.07) is -2.14. The lowest BCUT2D eigenvalue weighted by atomic mass is 10.0. The minimum atomic E-state index is -3.79. The molecule has 0 fully saturated rings. The van der Waals surface area contributed by atoms with Crippen LogP contribution in [0, 0.1) is 5.92 Å². The van der Waals surface area contributed by atoms with Crippen molar-refractivity contribution in [3.05, 3.63) is 5.82 Å². The Morgan fingerprint density at radius 1 is 0.529 bits per heavy atom. The maximum absolute atomic E-state index is 12.2. The fourth-order valence-electron chi connectivity index (χ4n) is 7.92. The molecule has 1 unspecified atom stereocenters. The van der Waals surface area contributed by atoms with Gasteiger partial charge in [-0.05, 0) is 57.8 Å². The summed E-state index contributed by atoms with van der Waals surface area (Å²) in [5.74, 6) is -5.99. The van der Waals surface area contributed by atoms with Crippen molar-refractivity contribution >= 4 is 85.0 Å². The Balaban J connectivity index is 0.00000170. The Morgan fingerprint density at radius 2 is 1.08 bits per heavy atom. The molecule has 0 aromatic carbocycles. The number of aromatic amines is 1. The zero-order chi connectivity index (χ0) is 63.4. The second-order valence-corrected chi connectivity index (χ2v) is 22.8. The molecule has 85 heavy (non-hydrogen) atoms. The number of amides is 5. The molecule has 3 atom stereocenters. The molecule has 0 radical (unpaired) electrons. The minimum Gasteiger partial charge on any atom is -0.481 e. The Morgan fingerprint density at radius 3 is 1.67 bits per heavy atom. The quantitative estimate of drug-likeness (QED) is 0.0328. The van der Waals surface area contributed by atoms with Crippen LogP contribution in [0.4, 0.5) is 0 Å². The number of tetrazole rings is 1. The molecule has 0 saturated heterocycles. The summed E-state index contributed by atoms with van der Waals surface area (Å²) in [6.07, 6.45) is 18.6. The van der Waals surface area contributed by atoms with Crippen LogP contribution in [0.3, 0.4) is 0 Å². The molecule has 1 rings (SSSR count). The second kappa shape index (κ2) is 52.7. The van der Waals surface area contributed by atoms with Gasteiger partial charge in [-0.1, -0.05) is 106 Å². The SMILES string of the molecule is CCCC(=O)NC(CCC(=O)CCCOCCOCC(=O)N[C@@H](CCCCNC(=O)CBr)C(=O)O)C(=O)O.C[C@H](CC(=O)COCCOCCNC(=O)CCCS(=O)(=O)NC(=O)CCCCCCCCCCCCCCCc1nn[nH]n1)C(=O)O. The van der Waals surface area contributed by atoms with Crippen LogP contribution in [-0.2, 0) is 83.3 Å². The molecule has 9 N–H and O–H groups in total. The number of sulfonamides is 1. The third-order valence-electron chi connectivity index (χ3n) is 12.6. The van der Waals surface area contributed by atoms with E-state index in [-0.39, 0.29) is 158 Å². The number of carbonyl (C=O) groups is 10. The monoisotopic (exact) mass is 1300 g/mol. The van der Waals surface area contributed by atoms with E-state index in [1.807, 2.05) is 6.92 Å². The average molecular weight is 1300 g/mol. The summed E-state index contributed by atoms with van der Waals surface area (Å²) < 4.78 is 47.4. The summed E-state index contributed by atoms with van der Waals surface area (Å²) in [5.41, 5.74) is 0. The van der Waals surface area contributed by atoms with Gasteiger partial charge in [0.2, 0.25) is 39.6 Å². The van der Waals surface area contributed by atoms with E-state index in [0.717, 1.165) is 37.9 Å². The third kappa shape index (κ3) is 50.3. The van der Waals surface area contributed by atoms with Crippen molar-refractivity contribution in [3.63, 3.8) is 0 Å². The first-order valence-electron chi connectivity index (χ1n) is 29.7. The van der Waals surface area contributed by atoms with Gasteiger partial charge in [0.25, 0.3) is 0 Å². The second-order valence-electron chi connectivity index (χ2n) is 20.4. The molecule has 0 aliphatic heterocycles. The number of aromatic nitrogens is 4. The Kier molecular flexibility index (Phi) is 49.3. The van der Waals surface area contributed by atoms with Crippen molar-refractivity contribution in [1.82, 2.24) is 46.6 Å². The zero-order valence-corrected chi connectivity index (χ0v) is 52.2. The van der Waals surface area contributed by atoms with Crippen LogP contribution in [-0.4, -0.2) is 192 Å². The zero-order valence-electron chi connectivity index (χ0n) is 49.8. The summed E-state index contributed by atoms with van der Waals surface area (Å²) in [7, 11) is -3.79. The van der Waals surface area contributed by atoms with Gasteiger partial charge in [0.05, 0.1) is 50.0 Å². The van der Waals surface area contributed by atoms with Gasteiger partial charge in [0.1, 0.15) is 31.1 Å². The van der Waals surface area contributed by atoms with Crippen LogP contribution in [0.1, 0.15) is 187 Å². The average Bonchev–Trinajstić information content (AvgIpc) is 3.98. The molecule has 488 valence electrons. The minimum absolute atomic E-state index is 0.00134. The van der Waals surface area contributed by atoms with E-state index in [1.54, 1.807) is 0 Å². The number of nitrogens with zero attached hydrogens (tertiary/aromatic N) is 3. The number of H-pyrrole nitrogens is 1. The highest BCUT2D eigenvalue weighted by Crippen LogP contribution is 2.14. The lowest BCUT2D eigenvalue weighted by Crippen LogP contribution is -2.42. The number of carbonyl (C=O) groups excluding carboxylic acids is 7. The summed E-state index contributed by atoms with van der Waals surface area (Å²) >= 11 is 3.03. The van der Waals surface area contributed by atoms with E-state index in [1.165, 1.54) is 58.3 Å². The van der Waals surface area contributed by atoms with Gasteiger partial charge >= 0.3 is 17.9 Å². The highest BCUT2D eigenvalue weighted by atomic mass is 79.9. The van der Waals surface area contributed by atoms with Crippen LogP contribution in [0.5, 0.6) is 0 Å². The number of unbranched alkanes of at least 4 members (excludes halogenated alkanes) is 13. The van der Waals surface area contributed by atoms with Crippen LogP contribution < -0.4 is 26.0 Å². The topological polar surface area (TPSA) is 417 Å². The first-order valence-corrected chi connectivity index (χ1v) is 32.4. The van der Waals surface area contributed by atoms with Crippen molar-refractivity contribution < 1.29 is 90.6 Å². The molecule has 30 heteroatoms. The number of ether oxygens (including phenoxy) is 4. The van der Waals surface area contributed by atoms with E-state index >= 15 is 0 Å². The predicted molar refractivity (Wildman–Crippen MR) is 315 cm³/mol. The van der Waals surface area contributed by atoms with E-state index in [2.05, 4.69) is 62.5 Å². The Bertz CT molecular complexity index is 2160. The van der Waals surface area contributed by atoms with Gasteiger partial charge in [0.15, 0.2) is 11.6 Å². The predicted octanol–water partition coefficient (Wildman–Crippen LogP) is 4.03. The van der Waals surface area contributed by atoms with Crippen LogP contribution in [0.15, 0.2) is 0 Å². The van der Waals surface area contributed by atoms with Crippen LogP contribution >= 0.6 is 15.9 Å². The molecule has 0 aliphatic rings. The first kappa shape index (κ1) is 79.4. The van der Waals surface area contributed by atoms with Crippen LogP contribution in [0.2, 0.25) is 0 Å². The van der Waals surface area contributed by atoms with E-state index in [0.29, 0.717) is 38.6 Å². The van der Waals surface area contributed by atoms with Crippen molar-refractivity contribution in [1.29, 1.82) is 0 Å². The standard InChI is InChI=1S/C31H56N6O9S.C24H40BrN3O10/c1-26(31(41)42)24-27(38)25-46-22-21-45-20-19-32-29(39)18-15-23-47(43,44)35-30(40)17-14-12-10-8-6-4-2-3-5-7-9-11-13-16-28-33-36-37-34-28;1-2-6-20(30)27-19(24(35)36)10-9-17(29)7-5-12-37-13-14-38-16-22(32)28-18(23(33)34)8-3-4-11-26-21(31)15-25/h26H,2-25H2,1H3,(H,32,39)(H,35,40)(H,41,42)(H,33,34,36,37);18-19H,2-16H2,1H3,(H,26,31)(H,27,30)(H,28,32)(H,33,34)(H,35,36)/t26-;18-,19?/m10/s1. The number of aliphatic carboxylic acids is 3. The molecule has 1 aromatic rings. The fraction of sp³-hybridized carbons (Fsp3) is 0.800. The van der Waals surface area contributed by atoms with Crippen molar-refractivity contribution in [3.8, 4) is 0 Å². The third-order valence-corrected chi connectivity index (χ3v) is 14.5. The number of hydrogen-bond donors (Lipinski definition) is 9. The van der Waals surface area contributed by atoms with Gasteiger partial charge in [-0.3, -0.25) is 43.1 Å². The van der Waals surface area contributed by atoms with Crippen molar-refractivity contribution in [2.24, 2.45) is 5.92 Å². The smallest absolute Gasteiger partial charge is 0.326 e. The molecule has 28 nitrogen and oxygen atoms in total. The number of rotatable bonds is 56. The normalized spacial score (nSPS) is 12.2. The summed E-state index contributed by atoms with van der Waals surface area (Å²) in [5, 5.41) is 51.5. The molecular formula is C55H96BrN9O19S. The van der Waals surface area contributed by atoms with Gasteiger partial charge in [-0.15, -0.1) is 10.2 Å². The molecule has 0 bridgehead atoms. The molecule has 0 spiro atoms. The summed E-state index contributed by atoms with van der Waals surface area (Å²) in [6.45, 7) is 4.50. The van der Waals surface area contributed by atoms with Crippen molar-refractivity contribution in [2.75, 3.05) is 77.0 Å². The maximum atomic E-state index is 12.2. The largest absolute Gasteiger partial charge is 0.481 e. The fourth-order valence-corrected chi connectivity index (χ4v) is 9.20. The highest BCUT2D eigenvalue weighted by molar-refractivity contribution is 9.09. The molecule has 1 aromatic heterocycles. The van der Waals surface area contributed by atoms with Gasteiger partial charge in [-0.25, -0.2) is 18.0 Å². The van der Waals surface area contributed by atoms with E-state index in [9.17, 15) is 66.6 Å². The number of Topliss-reactive ketones (excluding diaryl/α,β-unsaturated/α-hetero) is 2. The Labute approximate surface area is 508 Å². The van der Waals surface area contributed by atoms with Gasteiger partial charge in [0, 0.05) is 64.6 Å².